The largest absolute Gasteiger partial charge is 0.356 e. The Labute approximate surface area is 136 Å². The summed E-state index contributed by atoms with van der Waals surface area (Å²) in [6.07, 6.45) is 0. The summed E-state index contributed by atoms with van der Waals surface area (Å²) >= 11 is 0. The Morgan fingerprint density at radius 2 is 1.86 bits per heavy atom. The van der Waals surface area contributed by atoms with Gasteiger partial charge in [-0.3, -0.25) is 4.99 Å². The lowest BCUT2D eigenvalue weighted by Gasteiger charge is -2.29. The van der Waals surface area contributed by atoms with Crippen molar-refractivity contribution in [3.63, 3.8) is 0 Å². The second kappa shape index (κ2) is 8.18. The van der Waals surface area contributed by atoms with Crippen molar-refractivity contribution in [1.29, 1.82) is 0 Å². The molecule has 1 aromatic carbocycles. The highest BCUT2D eigenvalue weighted by Gasteiger charge is 2.19. The van der Waals surface area contributed by atoms with Crippen molar-refractivity contribution in [2.45, 2.75) is 34.2 Å². The summed E-state index contributed by atoms with van der Waals surface area (Å²) in [7, 11) is 6.03. The van der Waals surface area contributed by atoms with E-state index in [2.05, 4.69) is 80.5 Å². The van der Waals surface area contributed by atoms with Crippen molar-refractivity contribution in [3.05, 3.63) is 34.9 Å². The van der Waals surface area contributed by atoms with Gasteiger partial charge in [-0.2, -0.15) is 0 Å². The Hall–Kier alpha value is -1.55. The van der Waals surface area contributed by atoms with Gasteiger partial charge < -0.3 is 15.5 Å². The Morgan fingerprint density at radius 1 is 1.18 bits per heavy atom. The first kappa shape index (κ1) is 18.5. The van der Waals surface area contributed by atoms with Crippen LogP contribution in [0.15, 0.2) is 23.2 Å². The number of aryl methyl sites for hydroxylation is 2. The number of guanidine groups is 1. The van der Waals surface area contributed by atoms with E-state index in [4.69, 9.17) is 0 Å². The average Bonchev–Trinajstić information content (AvgIpc) is 2.39. The number of nitrogens with one attached hydrogen (secondary N) is 2. The molecule has 0 radical (unpaired) electrons. The maximum absolute atomic E-state index is 4.31. The smallest absolute Gasteiger partial charge is 0.191 e. The highest BCUT2D eigenvalue weighted by atomic mass is 15.2. The van der Waals surface area contributed by atoms with Crippen LogP contribution in [-0.2, 0) is 6.54 Å². The van der Waals surface area contributed by atoms with Gasteiger partial charge in [0.15, 0.2) is 5.96 Å². The predicted molar refractivity (Wildman–Crippen MR) is 96.5 cm³/mol. The van der Waals surface area contributed by atoms with Crippen molar-refractivity contribution >= 4 is 5.96 Å². The summed E-state index contributed by atoms with van der Waals surface area (Å²) in [5.74, 6) is 0.854. The van der Waals surface area contributed by atoms with E-state index in [1.54, 1.807) is 0 Å². The minimum atomic E-state index is 0.195. The maximum Gasteiger partial charge on any atom is 0.191 e. The number of nitrogens with zero attached hydrogens (tertiary/aromatic N) is 2. The summed E-state index contributed by atoms with van der Waals surface area (Å²) < 4.78 is 0. The fraction of sp³-hybridized carbons (Fsp3) is 0.611. The van der Waals surface area contributed by atoms with Crippen LogP contribution in [-0.4, -0.2) is 45.1 Å². The summed E-state index contributed by atoms with van der Waals surface area (Å²) in [6.45, 7) is 11.5. The van der Waals surface area contributed by atoms with Gasteiger partial charge in [-0.15, -0.1) is 0 Å². The predicted octanol–water partition coefficient (Wildman–Crippen LogP) is 2.56. The molecule has 22 heavy (non-hydrogen) atoms. The molecule has 0 aliphatic carbocycles. The Bertz CT molecular complexity index is 504. The fourth-order valence-corrected chi connectivity index (χ4v) is 2.68. The van der Waals surface area contributed by atoms with Gasteiger partial charge in [-0.05, 0) is 44.5 Å². The molecule has 0 spiro atoms. The van der Waals surface area contributed by atoms with Crippen LogP contribution in [0.2, 0.25) is 0 Å². The van der Waals surface area contributed by atoms with Crippen LogP contribution in [0.1, 0.15) is 30.5 Å². The third-order valence-electron chi connectivity index (χ3n) is 3.65. The molecule has 0 saturated carbocycles. The van der Waals surface area contributed by atoms with E-state index in [1.807, 2.05) is 7.05 Å². The van der Waals surface area contributed by atoms with Gasteiger partial charge in [0, 0.05) is 26.7 Å². The summed E-state index contributed by atoms with van der Waals surface area (Å²) in [6, 6.07) is 6.55. The van der Waals surface area contributed by atoms with E-state index < -0.39 is 0 Å². The average molecular weight is 304 g/mol. The summed E-state index contributed by atoms with van der Waals surface area (Å²) in [5, 5.41) is 6.83. The molecule has 1 aromatic rings. The van der Waals surface area contributed by atoms with Crippen molar-refractivity contribution in [2.75, 3.05) is 34.2 Å². The molecule has 0 saturated heterocycles. The quantitative estimate of drug-likeness (QED) is 0.627. The van der Waals surface area contributed by atoms with Crippen LogP contribution in [0.4, 0.5) is 0 Å². The highest BCUT2D eigenvalue weighted by molar-refractivity contribution is 5.79. The number of hydrogen-bond donors (Lipinski definition) is 2. The maximum atomic E-state index is 4.31. The van der Waals surface area contributed by atoms with Crippen molar-refractivity contribution in [2.24, 2.45) is 10.4 Å². The highest BCUT2D eigenvalue weighted by Crippen LogP contribution is 2.14. The molecule has 124 valence electrons. The number of aliphatic imine (C=N–C) groups is 1. The van der Waals surface area contributed by atoms with Gasteiger partial charge >= 0.3 is 0 Å². The monoisotopic (exact) mass is 304 g/mol. The normalized spacial score (nSPS) is 12.6. The molecule has 0 heterocycles. The van der Waals surface area contributed by atoms with Crippen molar-refractivity contribution in [3.8, 4) is 0 Å². The number of hydrogen-bond acceptors (Lipinski definition) is 2. The molecule has 0 aliphatic heterocycles. The molecule has 0 atom stereocenters. The van der Waals surface area contributed by atoms with Crippen LogP contribution in [0.5, 0.6) is 0 Å². The van der Waals surface area contributed by atoms with E-state index in [-0.39, 0.29) is 5.41 Å². The lowest BCUT2D eigenvalue weighted by molar-refractivity contribution is 0.241. The van der Waals surface area contributed by atoms with Crippen LogP contribution in [0.25, 0.3) is 0 Å². The summed E-state index contributed by atoms with van der Waals surface area (Å²) in [4.78, 5) is 6.53. The van der Waals surface area contributed by atoms with E-state index in [9.17, 15) is 0 Å². The van der Waals surface area contributed by atoms with Crippen molar-refractivity contribution < 1.29 is 0 Å². The lowest BCUT2D eigenvalue weighted by Crippen LogP contribution is -2.44. The molecule has 1 rings (SSSR count). The van der Waals surface area contributed by atoms with Gasteiger partial charge in [-0.1, -0.05) is 37.6 Å². The first-order valence-corrected chi connectivity index (χ1v) is 7.89. The molecule has 4 nitrogen and oxygen atoms in total. The van der Waals surface area contributed by atoms with E-state index in [1.165, 1.54) is 16.7 Å². The van der Waals surface area contributed by atoms with Crippen LogP contribution >= 0.6 is 0 Å². The second-order valence-electron chi connectivity index (χ2n) is 7.11. The van der Waals surface area contributed by atoms with Gasteiger partial charge in [-0.25, -0.2) is 0 Å². The van der Waals surface area contributed by atoms with E-state index >= 15 is 0 Å². The zero-order valence-corrected chi connectivity index (χ0v) is 15.2. The molecule has 0 aliphatic rings. The summed E-state index contributed by atoms with van der Waals surface area (Å²) in [5.41, 5.74) is 4.12. The van der Waals surface area contributed by atoms with Gasteiger partial charge in [0.1, 0.15) is 0 Å². The van der Waals surface area contributed by atoms with Crippen LogP contribution in [0.3, 0.4) is 0 Å². The van der Waals surface area contributed by atoms with Crippen molar-refractivity contribution in [1.82, 2.24) is 15.5 Å². The third-order valence-corrected chi connectivity index (χ3v) is 3.65. The van der Waals surface area contributed by atoms with E-state index in [0.717, 1.165) is 25.6 Å². The zero-order valence-electron chi connectivity index (χ0n) is 15.2. The second-order valence-corrected chi connectivity index (χ2v) is 7.11. The Kier molecular flexibility index (Phi) is 6.88. The van der Waals surface area contributed by atoms with Gasteiger partial charge in [0.25, 0.3) is 0 Å². The molecular weight excluding hydrogens is 272 g/mol. The topological polar surface area (TPSA) is 39.7 Å². The molecule has 4 heteroatoms. The minimum Gasteiger partial charge on any atom is -0.356 e. The Balaban J connectivity index is 2.52. The minimum absolute atomic E-state index is 0.195. The molecule has 0 fully saturated rings. The molecule has 0 aromatic heterocycles. The van der Waals surface area contributed by atoms with E-state index in [0.29, 0.717) is 0 Å². The SMILES string of the molecule is CN=C(NCc1ccc(C)cc1C)NCC(C)(C)CN(C)C. The van der Waals surface area contributed by atoms with Gasteiger partial charge in [0.05, 0.1) is 0 Å². The molecule has 2 N–H and O–H groups in total. The van der Waals surface area contributed by atoms with Crippen LogP contribution in [0, 0.1) is 19.3 Å². The zero-order chi connectivity index (χ0) is 16.8. The Morgan fingerprint density at radius 3 is 2.41 bits per heavy atom. The fourth-order valence-electron chi connectivity index (χ4n) is 2.68. The first-order valence-electron chi connectivity index (χ1n) is 7.89. The lowest BCUT2D eigenvalue weighted by atomic mass is 9.93. The number of rotatable bonds is 6. The molecule has 0 unspecified atom stereocenters. The molecular formula is C18H32N4. The molecule has 0 amide bonds. The third kappa shape index (κ3) is 6.48. The van der Waals surface area contributed by atoms with Gasteiger partial charge in [0.2, 0.25) is 0 Å². The standard InChI is InChI=1S/C18H32N4/c1-14-8-9-16(15(2)10-14)11-20-17(19-5)21-12-18(3,4)13-22(6)7/h8-10H,11-13H2,1-7H3,(H2,19,20,21). The number of benzene rings is 1. The first-order chi connectivity index (χ1) is 10.2. The van der Waals surface area contributed by atoms with Crippen LogP contribution < -0.4 is 10.6 Å². The molecule has 0 bridgehead atoms.